The Morgan fingerprint density at radius 2 is 2.00 bits per heavy atom. The molecule has 0 bridgehead atoms. The lowest BCUT2D eigenvalue weighted by atomic mass is 9.45. The number of fused-ring (bicyclic) bond motifs is 5. The summed E-state index contributed by atoms with van der Waals surface area (Å²) >= 11 is 0. The van der Waals surface area contributed by atoms with Gasteiger partial charge < -0.3 is 10.2 Å². The molecule has 146 valence electrons. The molecule has 4 nitrogen and oxygen atoms in total. The number of aliphatic hydroxyl groups is 2. The first-order chi connectivity index (χ1) is 12.5. The predicted octanol–water partition coefficient (Wildman–Crippen LogP) is 3.14. The maximum atomic E-state index is 12.7. The van der Waals surface area contributed by atoms with Crippen molar-refractivity contribution in [3.63, 3.8) is 0 Å². The number of Topliss-reactive ketones (excluding diaryl/α,β-unsaturated/α-hetero) is 1. The highest BCUT2D eigenvalue weighted by Crippen LogP contribution is 2.72. The lowest BCUT2D eigenvalue weighted by Gasteiger charge is -2.59. The summed E-state index contributed by atoms with van der Waals surface area (Å²) in [7, 11) is 0. The highest BCUT2D eigenvalue weighted by molar-refractivity contribution is 6.01. The molecule has 4 aliphatic carbocycles. The van der Waals surface area contributed by atoms with Crippen LogP contribution in [-0.2, 0) is 9.59 Å². The first kappa shape index (κ1) is 18.8. The van der Waals surface area contributed by atoms with Crippen LogP contribution < -0.4 is 0 Å². The maximum Gasteiger partial charge on any atom is 0.190 e. The fourth-order valence-corrected chi connectivity index (χ4v) is 7.09. The van der Waals surface area contributed by atoms with Gasteiger partial charge in [0.2, 0.25) is 0 Å². The van der Waals surface area contributed by atoms with Crippen molar-refractivity contribution in [3.05, 3.63) is 35.5 Å². The Morgan fingerprint density at radius 3 is 2.67 bits per heavy atom. The number of ketones is 2. The maximum absolute atomic E-state index is 12.7. The Kier molecular flexibility index (Phi) is 3.84. The number of hydrogen-bond donors (Lipinski definition) is 2. The lowest BCUT2D eigenvalue weighted by Crippen LogP contribution is -2.60. The van der Waals surface area contributed by atoms with Gasteiger partial charge in [-0.2, -0.15) is 0 Å². The van der Waals surface area contributed by atoms with Crippen molar-refractivity contribution in [3.8, 4) is 0 Å². The molecule has 27 heavy (non-hydrogen) atoms. The van der Waals surface area contributed by atoms with Gasteiger partial charge >= 0.3 is 0 Å². The monoisotopic (exact) mass is 370 g/mol. The van der Waals surface area contributed by atoms with Crippen molar-refractivity contribution >= 4 is 11.6 Å². The van der Waals surface area contributed by atoms with E-state index in [0.717, 1.165) is 19.3 Å². The molecule has 4 aliphatic rings. The molecule has 0 aromatic carbocycles. The first-order valence-corrected chi connectivity index (χ1v) is 10.1. The molecule has 2 fully saturated rings. The quantitative estimate of drug-likeness (QED) is 0.732. The molecule has 6 atom stereocenters. The van der Waals surface area contributed by atoms with E-state index in [9.17, 15) is 19.8 Å². The summed E-state index contributed by atoms with van der Waals surface area (Å²) in [6, 6.07) is 0. The van der Waals surface area contributed by atoms with Crippen LogP contribution in [0.25, 0.3) is 0 Å². The van der Waals surface area contributed by atoms with E-state index < -0.39 is 23.4 Å². The Balaban J connectivity index is 1.86. The fourth-order valence-electron chi connectivity index (χ4n) is 7.09. The molecule has 0 radical (unpaired) electrons. The summed E-state index contributed by atoms with van der Waals surface area (Å²) in [4.78, 5) is 24.5. The summed E-state index contributed by atoms with van der Waals surface area (Å²) in [5.74, 6) is -0.345. The van der Waals surface area contributed by atoms with E-state index in [2.05, 4.69) is 19.9 Å². The van der Waals surface area contributed by atoms with Gasteiger partial charge in [0.15, 0.2) is 11.6 Å². The minimum Gasteiger partial charge on any atom is -0.388 e. The van der Waals surface area contributed by atoms with E-state index in [4.69, 9.17) is 0 Å². The Morgan fingerprint density at radius 1 is 1.30 bits per heavy atom. The highest BCUT2D eigenvalue weighted by Gasteiger charge is 2.72. The average molecular weight is 370 g/mol. The molecule has 0 amide bonds. The number of hydrogen-bond acceptors (Lipinski definition) is 4. The van der Waals surface area contributed by atoms with Crippen molar-refractivity contribution in [2.75, 3.05) is 6.61 Å². The second-order valence-corrected chi connectivity index (χ2v) is 9.76. The Bertz CT molecular complexity index is 820. The van der Waals surface area contributed by atoms with E-state index in [1.54, 1.807) is 12.2 Å². The van der Waals surface area contributed by atoms with Crippen LogP contribution in [0.1, 0.15) is 53.4 Å². The molecular formula is C23H30O4. The van der Waals surface area contributed by atoms with Gasteiger partial charge in [0.05, 0.1) is 0 Å². The minimum absolute atomic E-state index is 0.0609. The van der Waals surface area contributed by atoms with Crippen molar-refractivity contribution < 1.29 is 19.8 Å². The smallest absolute Gasteiger partial charge is 0.190 e. The number of rotatable bonds is 2. The summed E-state index contributed by atoms with van der Waals surface area (Å²) in [5, 5.41) is 21.1. The van der Waals surface area contributed by atoms with Crippen molar-refractivity contribution in [2.45, 2.75) is 59.0 Å². The van der Waals surface area contributed by atoms with Gasteiger partial charge in [-0.3, -0.25) is 9.59 Å². The van der Waals surface area contributed by atoms with Crippen LogP contribution in [0, 0.1) is 28.1 Å². The summed E-state index contributed by atoms with van der Waals surface area (Å²) in [6.07, 6.45) is 10.9. The van der Waals surface area contributed by atoms with Crippen molar-refractivity contribution in [1.29, 1.82) is 0 Å². The zero-order valence-corrected chi connectivity index (χ0v) is 16.7. The van der Waals surface area contributed by atoms with Gasteiger partial charge in [-0.25, -0.2) is 0 Å². The number of carbonyl (C=O) groups excluding carboxylic acids is 2. The second kappa shape index (κ2) is 5.51. The molecule has 0 aromatic heterocycles. The minimum atomic E-state index is -1.51. The molecule has 4 heteroatoms. The number of aliphatic hydroxyl groups excluding tert-OH is 1. The zero-order valence-electron chi connectivity index (χ0n) is 16.7. The van der Waals surface area contributed by atoms with Gasteiger partial charge in [-0.05, 0) is 62.0 Å². The van der Waals surface area contributed by atoms with Crippen LogP contribution in [0.4, 0.5) is 0 Å². The van der Waals surface area contributed by atoms with E-state index >= 15 is 0 Å². The lowest BCUT2D eigenvalue weighted by molar-refractivity contribution is -0.168. The van der Waals surface area contributed by atoms with Crippen LogP contribution in [0.3, 0.4) is 0 Å². The molecular weight excluding hydrogens is 340 g/mol. The third-order valence-electron chi connectivity index (χ3n) is 8.86. The molecule has 0 spiro atoms. The van der Waals surface area contributed by atoms with Crippen LogP contribution in [0.5, 0.6) is 0 Å². The van der Waals surface area contributed by atoms with Crippen molar-refractivity contribution in [2.24, 2.45) is 28.1 Å². The molecule has 2 N–H and O–H groups in total. The molecule has 0 saturated heterocycles. The molecule has 0 aliphatic heterocycles. The van der Waals surface area contributed by atoms with Crippen LogP contribution >= 0.6 is 0 Å². The third-order valence-corrected chi connectivity index (χ3v) is 8.86. The molecule has 0 aromatic rings. The van der Waals surface area contributed by atoms with E-state index in [-0.39, 0.29) is 28.4 Å². The van der Waals surface area contributed by atoms with Gasteiger partial charge in [0.1, 0.15) is 12.2 Å². The SMILES string of the molecule is C[C@@H]1C[C@@]2(C)[C@@H]3CCC4=CC(=O)C=C[C@]4(C)C3=CC[C@]2(C)[C@@]1(O)C(=O)CO. The van der Waals surface area contributed by atoms with Gasteiger partial charge in [0, 0.05) is 10.8 Å². The van der Waals surface area contributed by atoms with Crippen LogP contribution in [-0.4, -0.2) is 34.0 Å². The molecule has 0 unspecified atom stereocenters. The summed E-state index contributed by atoms with van der Waals surface area (Å²) < 4.78 is 0. The molecule has 0 heterocycles. The van der Waals surface area contributed by atoms with E-state index in [1.165, 1.54) is 11.1 Å². The second-order valence-electron chi connectivity index (χ2n) is 9.76. The Labute approximate surface area is 161 Å². The highest BCUT2D eigenvalue weighted by atomic mass is 16.3. The van der Waals surface area contributed by atoms with Gasteiger partial charge in [-0.1, -0.05) is 44.1 Å². The molecule has 2 saturated carbocycles. The van der Waals surface area contributed by atoms with E-state index in [1.807, 2.05) is 19.9 Å². The van der Waals surface area contributed by atoms with Gasteiger partial charge in [0.25, 0.3) is 0 Å². The summed E-state index contributed by atoms with van der Waals surface area (Å²) in [6.45, 7) is 7.76. The predicted molar refractivity (Wildman–Crippen MR) is 103 cm³/mol. The fraction of sp³-hybridized carbons (Fsp3) is 0.652. The van der Waals surface area contributed by atoms with Gasteiger partial charge in [-0.15, -0.1) is 0 Å². The number of allylic oxidation sites excluding steroid dienone is 6. The normalized spacial score (nSPS) is 48.3. The topological polar surface area (TPSA) is 74.6 Å². The third kappa shape index (κ3) is 2.01. The summed E-state index contributed by atoms with van der Waals surface area (Å²) in [5.41, 5.74) is -0.0897. The average Bonchev–Trinajstić information content (AvgIpc) is 2.79. The Hall–Kier alpha value is -1.52. The van der Waals surface area contributed by atoms with Crippen molar-refractivity contribution in [1.82, 2.24) is 0 Å². The largest absolute Gasteiger partial charge is 0.388 e. The zero-order chi connectivity index (χ0) is 19.8. The first-order valence-electron chi connectivity index (χ1n) is 10.1. The molecule has 4 rings (SSSR count). The van der Waals surface area contributed by atoms with Crippen LogP contribution in [0.2, 0.25) is 0 Å². The standard InChI is InChI=1S/C23H30O4/c1-14-12-21(3)18-6-5-15-11-16(25)7-9-20(15,2)17(18)8-10-22(21,4)23(14,27)19(26)13-24/h7-9,11,14,18,24,27H,5-6,10,12-13H2,1-4H3/t14-,18-,20+,21+,22+,23+/m1/s1. The van der Waals surface area contributed by atoms with Crippen LogP contribution in [0.15, 0.2) is 35.5 Å². The van der Waals surface area contributed by atoms with E-state index in [0.29, 0.717) is 6.42 Å². The number of carbonyl (C=O) groups is 2.